The molecule has 0 bridgehead atoms. The average Bonchev–Trinajstić information content (AvgIpc) is 2.72. The number of halogens is 1. The van der Waals surface area contributed by atoms with Crippen molar-refractivity contribution in [3.63, 3.8) is 0 Å². The van der Waals surface area contributed by atoms with E-state index >= 15 is 0 Å². The SMILES string of the molecule is C=C(c1ccc(F)cc1)c1cnc(N2CCN(C(=O)OC(C)(C)C)CC2CO)nc1. The zero-order valence-electron chi connectivity index (χ0n) is 17.5. The number of hydrogen-bond acceptors (Lipinski definition) is 6. The summed E-state index contributed by atoms with van der Waals surface area (Å²) in [5.74, 6) is 0.160. The summed E-state index contributed by atoms with van der Waals surface area (Å²) in [5, 5.41) is 9.85. The molecule has 0 spiro atoms. The highest BCUT2D eigenvalue weighted by molar-refractivity contribution is 5.77. The van der Waals surface area contributed by atoms with Crippen LogP contribution in [0.2, 0.25) is 0 Å². The Labute approximate surface area is 175 Å². The van der Waals surface area contributed by atoms with E-state index in [0.29, 0.717) is 31.2 Å². The van der Waals surface area contributed by atoms with Crippen molar-refractivity contribution in [2.24, 2.45) is 0 Å². The van der Waals surface area contributed by atoms with Crippen LogP contribution in [0.1, 0.15) is 31.9 Å². The summed E-state index contributed by atoms with van der Waals surface area (Å²) in [4.78, 5) is 24.7. The second kappa shape index (κ2) is 8.79. The molecule has 3 rings (SSSR count). The van der Waals surface area contributed by atoms with Crippen molar-refractivity contribution >= 4 is 17.6 Å². The predicted octanol–water partition coefficient (Wildman–Crippen LogP) is 3.10. The number of carbonyl (C=O) groups excluding carboxylic acids is 1. The fourth-order valence-electron chi connectivity index (χ4n) is 3.21. The minimum Gasteiger partial charge on any atom is -0.444 e. The van der Waals surface area contributed by atoms with Gasteiger partial charge in [0.25, 0.3) is 0 Å². The van der Waals surface area contributed by atoms with E-state index in [4.69, 9.17) is 4.74 Å². The average molecular weight is 414 g/mol. The van der Waals surface area contributed by atoms with Crippen molar-refractivity contribution in [3.05, 3.63) is 60.2 Å². The minimum absolute atomic E-state index is 0.146. The maximum Gasteiger partial charge on any atom is 0.410 e. The lowest BCUT2D eigenvalue weighted by Crippen LogP contribution is -2.57. The number of amides is 1. The molecule has 1 aliphatic heterocycles. The van der Waals surface area contributed by atoms with Crippen LogP contribution < -0.4 is 4.90 Å². The molecule has 30 heavy (non-hydrogen) atoms. The third kappa shape index (κ3) is 5.13. The van der Waals surface area contributed by atoms with Crippen LogP contribution in [-0.4, -0.2) is 64.0 Å². The molecule has 1 N–H and O–H groups in total. The first-order chi connectivity index (χ1) is 14.2. The predicted molar refractivity (Wildman–Crippen MR) is 113 cm³/mol. The number of anilines is 1. The molecule has 1 aromatic carbocycles. The Hall–Kier alpha value is -3.00. The zero-order chi connectivity index (χ0) is 21.9. The summed E-state index contributed by atoms with van der Waals surface area (Å²) >= 11 is 0. The van der Waals surface area contributed by atoms with Crippen molar-refractivity contribution in [2.45, 2.75) is 32.4 Å². The first-order valence-corrected chi connectivity index (χ1v) is 9.80. The number of rotatable bonds is 4. The van der Waals surface area contributed by atoms with E-state index in [2.05, 4.69) is 16.5 Å². The second-order valence-electron chi connectivity index (χ2n) is 8.21. The summed E-state index contributed by atoms with van der Waals surface area (Å²) in [6, 6.07) is 5.74. The summed E-state index contributed by atoms with van der Waals surface area (Å²) in [6.45, 7) is 10.6. The van der Waals surface area contributed by atoms with Gasteiger partial charge >= 0.3 is 6.09 Å². The van der Waals surface area contributed by atoms with Crippen LogP contribution in [0.5, 0.6) is 0 Å². The summed E-state index contributed by atoms with van der Waals surface area (Å²) in [6.07, 6.45) is 2.92. The number of ether oxygens (including phenoxy) is 1. The van der Waals surface area contributed by atoms with Gasteiger partial charge < -0.3 is 19.6 Å². The maximum atomic E-state index is 13.1. The van der Waals surface area contributed by atoms with Gasteiger partial charge in [-0.05, 0) is 44.0 Å². The number of hydrogen-bond donors (Lipinski definition) is 1. The second-order valence-corrected chi connectivity index (χ2v) is 8.21. The molecule has 0 aliphatic carbocycles. The topological polar surface area (TPSA) is 78.8 Å². The van der Waals surface area contributed by atoms with Crippen LogP contribution in [0.3, 0.4) is 0 Å². The Morgan fingerprint density at radius 1 is 1.20 bits per heavy atom. The molecule has 2 aromatic rings. The number of aromatic nitrogens is 2. The van der Waals surface area contributed by atoms with E-state index in [9.17, 15) is 14.3 Å². The van der Waals surface area contributed by atoms with Crippen LogP contribution in [0, 0.1) is 5.82 Å². The summed E-state index contributed by atoms with van der Waals surface area (Å²) in [5.41, 5.74) is 1.62. The zero-order valence-corrected chi connectivity index (χ0v) is 17.5. The number of aliphatic hydroxyl groups is 1. The molecule has 1 aromatic heterocycles. The lowest BCUT2D eigenvalue weighted by Gasteiger charge is -2.40. The van der Waals surface area contributed by atoms with Gasteiger partial charge in [-0.15, -0.1) is 0 Å². The van der Waals surface area contributed by atoms with Gasteiger partial charge in [-0.3, -0.25) is 0 Å². The molecular formula is C22H27FN4O3. The van der Waals surface area contributed by atoms with E-state index in [1.165, 1.54) is 12.1 Å². The molecule has 1 unspecified atom stereocenters. The molecule has 1 atom stereocenters. The quantitative estimate of drug-likeness (QED) is 0.828. The van der Waals surface area contributed by atoms with Crippen LogP contribution in [0.15, 0.2) is 43.2 Å². The van der Waals surface area contributed by atoms with Gasteiger partial charge in [0, 0.05) is 37.6 Å². The fraction of sp³-hybridized carbons (Fsp3) is 0.409. The van der Waals surface area contributed by atoms with Gasteiger partial charge in [0.1, 0.15) is 11.4 Å². The molecule has 160 valence electrons. The van der Waals surface area contributed by atoms with Gasteiger partial charge in [0.05, 0.1) is 12.6 Å². The molecule has 0 radical (unpaired) electrons. The third-order valence-electron chi connectivity index (χ3n) is 4.78. The monoisotopic (exact) mass is 414 g/mol. The van der Waals surface area contributed by atoms with Crippen molar-refractivity contribution < 1.29 is 19.0 Å². The molecule has 2 heterocycles. The van der Waals surface area contributed by atoms with Gasteiger partial charge in [-0.25, -0.2) is 19.2 Å². The highest BCUT2D eigenvalue weighted by Gasteiger charge is 2.32. The third-order valence-corrected chi connectivity index (χ3v) is 4.78. The Balaban J connectivity index is 1.69. The fourth-order valence-corrected chi connectivity index (χ4v) is 3.21. The molecule has 0 saturated carbocycles. The molecular weight excluding hydrogens is 387 g/mol. The first-order valence-electron chi connectivity index (χ1n) is 9.80. The van der Waals surface area contributed by atoms with E-state index in [1.807, 2.05) is 25.7 Å². The van der Waals surface area contributed by atoms with Gasteiger partial charge in [-0.1, -0.05) is 18.7 Å². The first kappa shape index (κ1) is 21.7. The number of nitrogens with zero attached hydrogens (tertiary/aromatic N) is 4. The Bertz CT molecular complexity index is 894. The highest BCUT2D eigenvalue weighted by Crippen LogP contribution is 2.23. The van der Waals surface area contributed by atoms with Crippen LogP contribution in [0.4, 0.5) is 15.1 Å². The minimum atomic E-state index is -0.575. The number of piperazine rings is 1. The maximum absolute atomic E-state index is 13.1. The lowest BCUT2D eigenvalue weighted by molar-refractivity contribution is 0.0196. The number of benzene rings is 1. The van der Waals surface area contributed by atoms with Gasteiger partial charge in [0.2, 0.25) is 5.95 Å². The Kier molecular flexibility index (Phi) is 6.36. The van der Waals surface area contributed by atoms with Crippen LogP contribution in [-0.2, 0) is 4.74 Å². The largest absolute Gasteiger partial charge is 0.444 e. The van der Waals surface area contributed by atoms with Crippen molar-refractivity contribution in [1.29, 1.82) is 0 Å². The Morgan fingerprint density at radius 2 is 1.83 bits per heavy atom. The molecule has 1 aliphatic rings. The van der Waals surface area contributed by atoms with E-state index in [1.54, 1.807) is 29.4 Å². The molecule has 1 fully saturated rings. The molecule has 1 amide bonds. The van der Waals surface area contributed by atoms with Gasteiger partial charge in [0.15, 0.2) is 0 Å². The molecule has 1 saturated heterocycles. The Morgan fingerprint density at radius 3 is 2.40 bits per heavy atom. The van der Waals surface area contributed by atoms with Crippen LogP contribution >= 0.6 is 0 Å². The number of aliphatic hydroxyl groups excluding tert-OH is 1. The summed E-state index contributed by atoms with van der Waals surface area (Å²) in [7, 11) is 0. The van der Waals surface area contributed by atoms with Crippen molar-refractivity contribution in [1.82, 2.24) is 14.9 Å². The summed E-state index contributed by atoms with van der Waals surface area (Å²) < 4.78 is 18.6. The highest BCUT2D eigenvalue weighted by atomic mass is 19.1. The van der Waals surface area contributed by atoms with E-state index < -0.39 is 11.7 Å². The standard InChI is InChI=1S/C22H27FN4O3/c1-15(16-5-7-18(23)8-6-16)17-11-24-20(25-12-17)27-10-9-26(13-19(27)14-28)21(29)30-22(2,3)4/h5-8,11-12,19,28H,1,9-10,13-14H2,2-4H3. The van der Waals surface area contributed by atoms with Crippen LogP contribution in [0.25, 0.3) is 5.57 Å². The van der Waals surface area contributed by atoms with Crippen molar-refractivity contribution in [3.8, 4) is 0 Å². The lowest BCUT2D eigenvalue weighted by atomic mass is 10.0. The van der Waals surface area contributed by atoms with Gasteiger partial charge in [-0.2, -0.15) is 0 Å². The smallest absolute Gasteiger partial charge is 0.410 e. The molecule has 7 nitrogen and oxygen atoms in total. The number of carbonyl (C=O) groups is 1. The van der Waals surface area contributed by atoms with E-state index in [-0.39, 0.29) is 18.5 Å². The normalized spacial score (nSPS) is 17.0. The molecule has 8 heteroatoms. The van der Waals surface area contributed by atoms with E-state index in [0.717, 1.165) is 11.1 Å². The van der Waals surface area contributed by atoms with Crippen molar-refractivity contribution in [2.75, 3.05) is 31.1 Å².